The monoisotopic (exact) mass is 377 g/mol. The minimum atomic E-state index is -0.294. The van der Waals surface area contributed by atoms with Gasteiger partial charge < -0.3 is 0 Å². The van der Waals surface area contributed by atoms with Gasteiger partial charge in [-0.3, -0.25) is 14.5 Å². The first-order valence-electron chi connectivity index (χ1n) is 8.52. The van der Waals surface area contributed by atoms with Crippen LogP contribution in [0.5, 0.6) is 0 Å². The van der Waals surface area contributed by atoms with E-state index in [-0.39, 0.29) is 24.7 Å². The molecule has 136 valence electrons. The van der Waals surface area contributed by atoms with Crippen LogP contribution in [0, 0.1) is 0 Å². The van der Waals surface area contributed by atoms with Crippen LogP contribution in [0.2, 0.25) is 0 Å². The molecule has 27 heavy (non-hydrogen) atoms. The van der Waals surface area contributed by atoms with E-state index < -0.39 is 0 Å². The lowest BCUT2D eigenvalue weighted by Crippen LogP contribution is -2.27. The van der Waals surface area contributed by atoms with Gasteiger partial charge in [0.15, 0.2) is 0 Å². The number of anilines is 2. The molecule has 0 atom stereocenters. The maximum atomic E-state index is 12.8. The molecule has 3 aromatic rings. The van der Waals surface area contributed by atoms with E-state index in [0.29, 0.717) is 0 Å². The molecule has 0 fully saturated rings. The third-order valence-electron chi connectivity index (χ3n) is 3.77. The second-order valence-corrected chi connectivity index (χ2v) is 6.69. The summed E-state index contributed by atoms with van der Waals surface area (Å²) < 4.78 is 0. The van der Waals surface area contributed by atoms with Gasteiger partial charge in [0.25, 0.3) is 0 Å². The number of nitrogens with one attached hydrogen (secondary N) is 1. The van der Waals surface area contributed by atoms with Gasteiger partial charge in [0, 0.05) is 29.1 Å². The number of thiophene rings is 1. The van der Waals surface area contributed by atoms with Crippen LogP contribution in [0.25, 0.3) is 0 Å². The Morgan fingerprint density at radius 3 is 2.07 bits per heavy atom. The third kappa shape index (κ3) is 5.36. The first-order valence-corrected chi connectivity index (χ1v) is 9.40. The van der Waals surface area contributed by atoms with Crippen LogP contribution < -0.4 is 10.3 Å². The quantitative estimate of drug-likeness (QED) is 0.492. The Morgan fingerprint density at radius 2 is 1.52 bits per heavy atom. The van der Waals surface area contributed by atoms with Crippen LogP contribution in [0.4, 0.5) is 11.4 Å². The first kappa shape index (κ1) is 18.5. The number of nitrogens with zero attached hydrogens (tertiary/aromatic N) is 2. The number of hydrogen-bond donors (Lipinski definition) is 1. The lowest BCUT2D eigenvalue weighted by molar-refractivity contribution is -0.124. The highest BCUT2D eigenvalue weighted by Gasteiger charge is 2.18. The van der Waals surface area contributed by atoms with Gasteiger partial charge in [0.2, 0.25) is 11.8 Å². The smallest absolute Gasteiger partial charge is 0.240 e. The number of hydrazone groups is 1. The maximum Gasteiger partial charge on any atom is 0.240 e. The molecule has 1 aromatic heterocycles. The molecule has 1 N–H and O–H groups in total. The Balaban J connectivity index is 1.62. The molecule has 2 aromatic carbocycles. The van der Waals surface area contributed by atoms with E-state index in [1.807, 2.05) is 78.2 Å². The predicted octanol–water partition coefficient (Wildman–Crippen LogP) is 4.34. The van der Waals surface area contributed by atoms with Crippen LogP contribution in [0.1, 0.15) is 17.7 Å². The Labute approximate surface area is 162 Å². The summed E-state index contributed by atoms with van der Waals surface area (Å²) in [5.74, 6) is -0.443. The van der Waals surface area contributed by atoms with Gasteiger partial charge in [-0.25, -0.2) is 5.43 Å². The van der Waals surface area contributed by atoms with E-state index in [2.05, 4.69) is 10.5 Å². The topological polar surface area (TPSA) is 61.8 Å². The van der Waals surface area contributed by atoms with Crippen LogP contribution in [-0.2, 0) is 9.59 Å². The fraction of sp³-hybridized carbons (Fsp3) is 0.0952. The van der Waals surface area contributed by atoms with Crippen molar-refractivity contribution in [3.63, 3.8) is 0 Å². The zero-order chi connectivity index (χ0) is 18.9. The molecule has 0 radical (unpaired) electrons. The average Bonchev–Trinajstić information content (AvgIpc) is 3.22. The fourth-order valence-electron chi connectivity index (χ4n) is 2.51. The number of carbonyl (C=O) groups is 2. The second-order valence-electron chi connectivity index (χ2n) is 5.71. The molecular formula is C21H19N3O2S. The van der Waals surface area contributed by atoms with E-state index in [9.17, 15) is 9.59 Å². The molecule has 0 bridgehead atoms. The van der Waals surface area contributed by atoms with Gasteiger partial charge in [0.05, 0.1) is 6.21 Å². The summed E-state index contributed by atoms with van der Waals surface area (Å²) in [6.07, 6.45) is 1.74. The van der Waals surface area contributed by atoms with Crippen molar-refractivity contribution in [2.75, 3.05) is 4.90 Å². The molecule has 0 spiro atoms. The average molecular weight is 377 g/mol. The summed E-state index contributed by atoms with van der Waals surface area (Å²) in [6, 6.07) is 22.6. The molecule has 2 amide bonds. The Hall–Kier alpha value is -3.25. The minimum Gasteiger partial charge on any atom is -0.281 e. The van der Waals surface area contributed by atoms with Crippen molar-refractivity contribution in [3.05, 3.63) is 83.1 Å². The van der Waals surface area contributed by atoms with Crippen molar-refractivity contribution in [2.45, 2.75) is 12.8 Å². The van der Waals surface area contributed by atoms with Gasteiger partial charge in [-0.1, -0.05) is 42.5 Å². The highest BCUT2D eigenvalue weighted by Crippen LogP contribution is 2.26. The van der Waals surface area contributed by atoms with E-state index in [1.165, 1.54) is 11.3 Å². The van der Waals surface area contributed by atoms with Crippen molar-refractivity contribution in [1.82, 2.24) is 5.43 Å². The van der Waals surface area contributed by atoms with Crippen molar-refractivity contribution in [2.24, 2.45) is 5.10 Å². The predicted molar refractivity (Wildman–Crippen MR) is 109 cm³/mol. The molecule has 0 aliphatic carbocycles. The van der Waals surface area contributed by atoms with Crippen molar-refractivity contribution in [1.29, 1.82) is 0 Å². The van der Waals surface area contributed by atoms with Crippen molar-refractivity contribution >= 4 is 40.7 Å². The van der Waals surface area contributed by atoms with E-state index in [1.54, 1.807) is 11.1 Å². The number of carbonyl (C=O) groups excluding carboxylic acids is 2. The molecule has 0 unspecified atom stereocenters. The molecule has 0 saturated carbocycles. The molecule has 0 saturated heterocycles. The van der Waals surface area contributed by atoms with Gasteiger partial charge in [-0.15, -0.1) is 11.3 Å². The van der Waals surface area contributed by atoms with Gasteiger partial charge in [-0.2, -0.15) is 5.10 Å². The molecule has 0 aliphatic rings. The Morgan fingerprint density at radius 1 is 0.889 bits per heavy atom. The zero-order valence-corrected chi connectivity index (χ0v) is 15.4. The Bertz CT molecular complexity index is 854. The SMILES string of the molecule is O=C(CCC(=O)N(c1ccccc1)c1ccccc1)NN=Cc1cccs1. The lowest BCUT2D eigenvalue weighted by atomic mass is 10.2. The number of rotatable bonds is 7. The summed E-state index contributed by atoms with van der Waals surface area (Å²) in [5, 5.41) is 5.85. The second kappa shape index (κ2) is 9.45. The number of benzene rings is 2. The fourth-order valence-corrected chi connectivity index (χ4v) is 3.10. The van der Waals surface area contributed by atoms with E-state index in [0.717, 1.165) is 16.3 Å². The highest BCUT2D eigenvalue weighted by atomic mass is 32.1. The molecule has 3 rings (SSSR count). The van der Waals surface area contributed by atoms with Crippen LogP contribution in [0.15, 0.2) is 83.3 Å². The van der Waals surface area contributed by atoms with Crippen LogP contribution in [-0.4, -0.2) is 18.0 Å². The summed E-state index contributed by atoms with van der Waals surface area (Å²) in [5.41, 5.74) is 4.00. The maximum absolute atomic E-state index is 12.8. The Kier molecular flexibility index (Phi) is 6.49. The summed E-state index contributed by atoms with van der Waals surface area (Å²) in [7, 11) is 0. The normalized spacial score (nSPS) is 10.7. The largest absolute Gasteiger partial charge is 0.281 e. The third-order valence-corrected chi connectivity index (χ3v) is 4.58. The summed E-state index contributed by atoms with van der Waals surface area (Å²) in [6.45, 7) is 0. The number of amides is 2. The molecular weight excluding hydrogens is 358 g/mol. The van der Waals surface area contributed by atoms with Gasteiger partial charge in [-0.05, 0) is 35.7 Å². The van der Waals surface area contributed by atoms with Gasteiger partial charge >= 0.3 is 0 Å². The van der Waals surface area contributed by atoms with Gasteiger partial charge in [0.1, 0.15) is 0 Å². The summed E-state index contributed by atoms with van der Waals surface area (Å²) >= 11 is 1.53. The first-order chi connectivity index (χ1) is 13.2. The minimum absolute atomic E-state index is 0.0663. The van der Waals surface area contributed by atoms with E-state index in [4.69, 9.17) is 0 Å². The number of para-hydroxylation sites is 2. The molecule has 5 nitrogen and oxygen atoms in total. The highest BCUT2D eigenvalue weighted by molar-refractivity contribution is 7.11. The standard InChI is InChI=1S/C21H19N3O2S/c25-20(23-22-16-19-12-7-15-27-19)13-14-21(26)24(17-8-3-1-4-9-17)18-10-5-2-6-11-18/h1-12,15-16H,13-14H2,(H,23,25). The molecule has 6 heteroatoms. The van der Waals surface area contributed by atoms with E-state index >= 15 is 0 Å². The molecule has 0 aliphatic heterocycles. The zero-order valence-electron chi connectivity index (χ0n) is 14.6. The van der Waals surface area contributed by atoms with Crippen molar-refractivity contribution in [3.8, 4) is 0 Å². The van der Waals surface area contributed by atoms with Crippen LogP contribution in [0.3, 0.4) is 0 Å². The number of hydrogen-bond acceptors (Lipinski definition) is 4. The lowest BCUT2D eigenvalue weighted by Gasteiger charge is -2.23. The molecule has 1 heterocycles. The van der Waals surface area contributed by atoms with Crippen LogP contribution >= 0.6 is 11.3 Å². The summed E-state index contributed by atoms with van der Waals surface area (Å²) in [4.78, 5) is 27.4. The van der Waals surface area contributed by atoms with Crippen molar-refractivity contribution < 1.29 is 9.59 Å².